The molecule has 2 aliphatic rings. The van der Waals surface area contributed by atoms with Gasteiger partial charge in [0.15, 0.2) is 25.8 Å². The van der Waals surface area contributed by atoms with Gasteiger partial charge in [-0.15, -0.1) is 0 Å². The van der Waals surface area contributed by atoms with E-state index in [1.807, 2.05) is 160 Å². The first-order valence-electron chi connectivity index (χ1n) is 16.9. The largest absolute Gasteiger partial charge is 0.489 e. The number of ether oxygens (including phenoxy) is 2. The van der Waals surface area contributed by atoms with Crippen molar-refractivity contribution in [1.82, 2.24) is 0 Å². The standard InChI is InChI=1S/C42H38N2O4P2/c1-43-27-29-47-41-35(43)23-25-37(49(45,31-15-7-3-8-16-31)32-17-9-4-10-18-32)39(41)40-38(26-24-36-42(40)48-30-28-44(36)2)50(46,33-19-11-5-12-20-33)34-21-13-6-14-22-34/h3-26H,27-30H2,1-2H3. The van der Waals surface area contributed by atoms with E-state index in [1.165, 1.54) is 0 Å². The smallest absolute Gasteiger partial charge is 0.171 e. The highest BCUT2D eigenvalue weighted by Gasteiger charge is 2.42. The molecule has 250 valence electrons. The van der Waals surface area contributed by atoms with Gasteiger partial charge in [0.25, 0.3) is 0 Å². The molecule has 0 radical (unpaired) electrons. The highest BCUT2D eigenvalue weighted by atomic mass is 31.2. The topological polar surface area (TPSA) is 59.1 Å². The molecule has 2 aliphatic heterocycles. The number of hydrogen-bond acceptors (Lipinski definition) is 6. The molecule has 0 fully saturated rings. The second-order valence-electron chi connectivity index (χ2n) is 12.7. The van der Waals surface area contributed by atoms with Crippen molar-refractivity contribution in [3.05, 3.63) is 146 Å². The monoisotopic (exact) mass is 696 g/mol. The molecule has 0 saturated heterocycles. The lowest BCUT2D eigenvalue weighted by molar-refractivity contribution is 0.308. The SMILES string of the molecule is CN1CCOc2c1ccc(P(=O)(c1ccccc1)c1ccccc1)c2-c1c(P(=O)(c2ccccc2)c2ccccc2)ccc2c1OCCN2C. The Balaban J connectivity index is 1.57. The zero-order valence-electron chi connectivity index (χ0n) is 28.1. The van der Waals surface area contributed by atoms with Crippen LogP contribution in [0.2, 0.25) is 0 Å². The van der Waals surface area contributed by atoms with E-state index in [0.29, 0.717) is 80.8 Å². The van der Waals surface area contributed by atoms with Gasteiger partial charge in [0.05, 0.1) is 24.5 Å². The van der Waals surface area contributed by atoms with Crippen LogP contribution in [0.25, 0.3) is 11.1 Å². The summed E-state index contributed by atoms with van der Waals surface area (Å²) in [5, 5.41) is 4.04. The van der Waals surface area contributed by atoms with E-state index in [-0.39, 0.29) is 0 Å². The molecule has 2 heterocycles. The van der Waals surface area contributed by atoms with Crippen LogP contribution in [0.3, 0.4) is 0 Å². The van der Waals surface area contributed by atoms with Gasteiger partial charge in [0.1, 0.15) is 13.2 Å². The summed E-state index contributed by atoms with van der Waals surface area (Å²) in [6, 6.07) is 46.7. The lowest BCUT2D eigenvalue weighted by atomic mass is 9.99. The van der Waals surface area contributed by atoms with Crippen molar-refractivity contribution in [2.45, 2.75) is 0 Å². The Kier molecular flexibility index (Phi) is 8.39. The van der Waals surface area contributed by atoms with Gasteiger partial charge in [-0.05, 0) is 24.3 Å². The third-order valence-electron chi connectivity index (χ3n) is 9.81. The summed E-state index contributed by atoms with van der Waals surface area (Å²) >= 11 is 0. The summed E-state index contributed by atoms with van der Waals surface area (Å²) in [7, 11) is -3.05. The maximum absolute atomic E-state index is 16.3. The molecule has 8 heteroatoms. The first kappa shape index (κ1) is 32.2. The normalized spacial score (nSPS) is 14.3. The van der Waals surface area contributed by atoms with Crippen molar-refractivity contribution in [2.24, 2.45) is 0 Å². The van der Waals surface area contributed by atoms with Crippen molar-refractivity contribution >= 4 is 57.5 Å². The number of likely N-dealkylation sites (N-methyl/N-ethyl adjacent to an activating group) is 2. The van der Waals surface area contributed by atoms with E-state index in [4.69, 9.17) is 9.47 Å². The third kappa shape index (κ3) is 5.18. The van der Waals surface area contributed by atoms with E-state index in [2.05, 4.69) is 9.80 Å². The van der Waals surface area contributed by atoms with E-state index < -0.39 is 14.3 Å². The molecule has 0 atom stereocenters. The Morgan fingerprint density at radius 2 is 0.740 bits per heavy atom. The Morgan fingerprint density at radius 1 is 0.440 bits per heavy atom. The summed E-state index contributed by atoms with van der Waals surface area (Å²) in [6.45, 7) is 2.29. The third-order valence-corrected chi connectivity index (χ3v) is 16.0. The number of benzene rings is 6. The molecule has 50 heavy (non-hydrogen) atoms. The molecule has 0 N–H and O–H groups in total. The van der Waals surface area contributed by atoms with E-state index in [9.17, 15) is 0 Å². The van der Waals surface area contributed by atoms with Crippen LogP contribution in [0.4, 0.5) is 11.4 Å². The number of nitrogens with zero attached hydrogens (tertiary/aromatic N) is 2. The zero-order valence-corrected chi connectivity index (χ0v) is 29.9. The van der Waals surface area contributed by atoms with Gasteiger partial charge in [-0.2, -0.15) is 0 Å². The summed E-state index contributed by atoms with van der Waals surface area (Å²) in [5.74, 6) is 1.23. The summed E-state index contributed by atoms with van der Waals surface area (Å²) in [4.78, 5) is 4.33. The molecule has 0 bridgehead atoms. The average Bonchev–Trinajstić information content (AvgIpc) is 3.18. The summed E-state index contributed by atoms with van der Waals surface area (Å²) in [5.41, 5.74) is 3.06. The fourth-order valence-electron chi connectivity index (χ4n) is 7.24. The molecule has 6 aromatic rings. The molecule has 0 unspecified atom stereocenters. The molecular weight excluding hydrogens is 658 g/mol. The van der Waals surface area contributed by atoms with Crippen LogP contribution in [0.1, 0.15) is 0 Å². The molecule has 0 amide bonds. The van der Waals surface area contributed by atoms with E-state index in [0.717, 1.165) is 11.4 Å². The predicted octanol–water partition coefficient (Wildman–Crippen LogP) is 6.29. The Hall–Kier alpha value is -5.02. The van der Waals surface area contributed by atoms with Gasteiger partial charge >= 0.3 is 0 Å². The second-order valence-corrected chi connectivity index (χ2v) is 18.2. The predicted molar refractivity (Wildman–Crippen MR) is 208 cm³/mol. The minimum Gasteiger partial charge on any atom is -0.489 e. The fraction of sp³-hybridized carbons (Fsp3) is 0.143. The van der Waals surface area contributed by atoms with Crippen molar-refractivity contribution in [3.8, 4) is 22.6 Å². The molecule has 6 aromatic carbocycles. The minimum atomic E-state index is -3.57. The fourth-order valence-corrected chi connectivity index (χ4v) is 12.9. The highest BCUT2D eigenvalue weighted by molar-refractivity contribution is 7.86. The highest BCUT2D eigenvalue weighted by Crippen LogP contribution is 2.56. The van der Waals surface area contributed by atoms with E-state index in [1.54, 1.807) is 0 Å². The minimum absolute atomic E-state index is 0.446. The molecular formula is C42H38N2O4P2. The summed E-state index contributed by atoms with van der Waals surface area (Å²) < 4.78 is 46.0. The first-order chi connectivity index (χ1) is 24.4. The second kappa shape index (κ2) is 13.0. The van der Waals surface area contributed by atoms with Gasteiger partial charge in [-0.25, -0.2) is 0 Å². The van der Waals surface area contributed by atoms with Crippen LogP contribution in [-0.4, -0.2) is 40.4 Å². The quantitative estimate of drug-likeness (QED) is 0.183. The van der Waals surface area contributed by atoms with Gasteiger partial charge in [0.2, 0.25) is 0 Å². The van der Waals surface area contributed by atoms with Gasteiger partial charge in [0, 0.05) is 57.0 Å². The van der Waals surface area contributed by atoms with Crippen LogP contribution in [-0.2, 0) is 9.13 Å². The Labute approximate surface area is 293 Å². The molecule has 6 nitrogen and oxygen atoms in total. The van der Waals surface area contributed by atoms with Crippen LogP contribution < -0.4 is 51.1 Å². The molecule has 0 aromatic heterocycles. The lowest BCUT2D eigenvalue weighted by Gasteiger charge is -2.36. The lowest BCUT2D eigenvalue weighted by Crippen LogP contribution is -2.35. The first-order valence-corrected chi connectivity index (χ1v) is 20.3. The van der Waals surface area contributed by atoms with Crippen molar-refractivity contribution in [3.63, 3.8) is 0 Å². The number of hydrogen-bond donors (Lipinski definition) is 0. The summed E-state index contributed by atoms with van der Waals surface area (Å²) in [6.07, 6.45) is 0. The molecule has 0 aliphatic carbocycles. The maximum atomic E-state index is 16.3. The molecule has 8 rings (SSSR count). The van der Waals surface area contributed by atoms with Crippen molar-refractivity contribution in [1.29, 1.82) is 0 Å². The number of fused-ring (bicyclic) bond motifs is 2. The molecule has 0 spiro atoms. The number of rotatable bonds is 7. The van der Waals surface area contributed by atoms with Crippen LogP contribution in [0.5, 0.6) is 11.5 Å². The Bertz CT molecular complexity index is 2020. The zero-order chi connectivity index (χ0) is 34.3. The molecule has 0 saturated carbocycles. The van der Waals surface area contributed by atoms with E-state index >= 15 is 9.13 Å². The van der Waals surface area contributed by atoms with Crippen LogP contribution in [0.15, 0.2) is 146 Å². The van der Waals surface area contributed by atoms with Gasteiger partial charge in [-0.1, -0.05) is 121 Å². The average molecular weight is 697 g/mol. The Morgan fingerprint density at radius 3 is 1.04 bits per heavy atom. The number of anilines is 2. The van der Waals surface area contributed by atoms with Crippen LogP contribution in [0, 0.1) is 0 Å². The van der Waals surface area contributed by atoms with Crippen molar-refractivity contribution < 1.29 is 18.6 Å². The van der Waals surface area contributed by atoms with Gasteiger partial charge < -0.3 is 28.4 Å². The van der Waals surface area contributed by atoms with Crippen molar-refractivity contribution in [2.75, 3.05) is 50.2 Å². The maximum Gasteiger partial charge on any atom is 0.171 e. The van der Waals surface area contributed by atoms with Crippen LogP contribution >= 0.6 is 14.3 Å². The van der Waals surface area contributed by atoms with Gasteiger partial charge in [-0.3, -0.25) is 0 Å².